The van der Waals surface area contributed by atoms with Crippen LogP contribution in [0.1, 0.15) is 87.5 Å². The summed E-state index contributed by atoms with van der Waals surface area (Å²) in [5, 5.41) is 17.3. The molecule has 1 heterocycles. The molecule has 13 heteroatoms. The maximum Gasteiger partial charge on any atom is 0.408 e. The number of nitrogens with one attached hydrogen (secondary N) is 3. The van der Waals surface area contributed by atoms with Gasteiger partial charge in [0, 0.05) is 19.0 Å². The number of ether oxygens (including phenoxy) is 1. The SMILES string of the molecule is C#C.C=C.CC.CC(C)(C)OC(=O)NCC(=O)N1C[C@@H](O)C[C@H]1C(=O)NC1CC1.CC(C)C.O=CNS(=O)(=O)C1CC1.c1ccc2ccccc2c1. The topological polar surface area (TPSA) is 171 Å². The fraction of sp³-hybridized carbons (Fsp3) is 0.538. The summed E-state index contributed by atoms with van der Waals surface area (Å²) in [6.45, 7) is 21.5. The molecule has 1 saturated heterocycles. The van der Waals surface area contributed by atoms with Crippen LogP contribution in [0.15, 0.2) is 61.7 Å². The maximum absolute atomic E-state index is 12.2. The molecule has 0 unspecified atom stereocenters. The fourth-order valence-corrected chi connectivity index (χ4v) is 5.18. The van der Waals surface area contributed by atoms with E-state index in [1.165, 1.54) is 15.7 Å². The lowest BCUT2D eigenvalue weighted by Gasteiger charge is -2.24. The van der Waals surface area contributed by atoms with Crippen molar-refractivity contribution in [3.05, 3.63) is 61.7 Å². The van der Waals surface area contributed by atoms with Crippen molar-refractivity contribution in [2.75, 3.05) is 13.1 Å². The van der Waals surface area contributed by atoms with Gasteiger partial charge in [-0.3, -0.25) is 19.1 Å². The van der Waals surface area contributed by atoms with Crippen LogP contribution in [0, 0.1) is 18.8 Å². The monoisotopic (exact) mass is 746 g/mol. The molecule has 5 rings (SSSR count). The number of likely N-dealkylation sites (tertiary alicyclic amines) is 1. The van der Waals surface area contributed by atoms with Crippen LogP contribution >= 0.6 is 0 Å². The average molecular weight is 747 g/mol. The van der Waals surface area contributed by atoms with Gasteiger partial charge in [0.15, 0.2) is 0 Å². The van der Waals surface area contributed by atoms with Crippen LogP contribution in [0.3, 0.4) is 0 Å². The van der Waals surface area contributed by atoms with Gasteiger partial charge in [0.1, 0.15) is 18.2 Å². The molecule has 1 aliphatic heterocycles. The molecule has 2 atom stereocenters. The van der Waals surface area contributed by atoms with E-state index in [0.717, 1.165) is 18.8 Å². The van der Waals surface area contributed by atoms with Crippen molar-refractivity contribution >= 4 is 45.1 Å². The Balaban J connectivity index is 0. The highest BCUT2D eigenvalue weighted by Crippen LogP contribution is 2.27. The molecule has 0 radical (unpaired) electrons. The number of hydrogen-bond acceptors (Lipinski definition) is 8. The Kier molecular flexibility index (Phi) is 25.2. The fourth-order valence-electron chi connectivity index (χ4n) is 4.10. The predicted octanol–water partition coefficient (Wildman–Crippen LogP) is 5.56. The number of aliphatic hydroxyl groups excluding tert-OH is 1. The smallest absolute Gasteiger partial charge is 0.408 e. The van der Waals surface area contributed by atoms with Crippen LogP contribution in [0.5, 0.6) is 0 Å². The van der Waals surface area contributed by atoms with Crippen molar-refractivity contribution in [2.45, 2.75) is 117 Å². The minimum Gasteiger partial charge on any atom is -0.444 e. The van der Waals surface area contributed by atoms with E-state index in [1.54, 1.807) is 25.5 Å². The number of alkyl carbamates (subject to hydrolysis) is 1. The quantitative estimate of drug-likeness (QED) is 0.162. The summed E-state index contributed by atoms with van der Waals surface area (Å²) in [5.74, 6) is 0.179. The number of sulfonamides is 1. The van der Waals surface area contributed by atoms with Crippen LogP contribution in [0.25, 0.3) is 10.8 Å². The Morgan fingerprint density at radius 2 is 1.40 bits per heavy atom. The molecule has 2 saturated carbocycles. The Morgan fingerprint density at radius 1 is 0.962 bits per heavy atom. The second-order valence-electron chi connectivity index (χ2n) is 13.1. The summed E-state index contributed by atoms with van der Waals surface area (Å²) >= 11 is 0. The van der Waals surface area contributed by atoms with Crippen molar-refractivity contribution in [3.63, 3.8) is 0 Å². The third-order valence-electron chi connectivity index (χ3n) is 6.44. The number of nitrogens with zero attached hydrogens (tertiary/aromatic N) is 1. The van der Waals surface area contributed by atoms with Crippen LogP contribution in [0.2, 0.25) is 0 Å². The van der Waals surface area contributed by atoms with Crippen LogP contribution in [-0.4, -0.2) is 84.9 Å². The van der Waals surface area contributed by atoms with E-state index in [2.05, 4.69) is 106 Å². The molecule has 0 bridgehead atoms. The lowest BCUT2D eigenvalue weighted by atomic mass is 10.1. The number of carbonyl (C=O) groups excluding carboxylic acids is 4. The Morgan fingerprint density at radius 3 is 1.77 bits per heavy atom. The van der Waals surface area contributed by atoms with Crippen molar-refractivity contribution in [3.8, 4) is 12.8 Å². The van der Waals surface area contributed by atoms with Crippen molar-refractivity contribution in [2.24, 2.45) is 5.92 Å². The van der Waals surface area contributed by atoms with Crippen LogP contribution in [-0.2, 0) is 29.1 Å². The van der Waals surface area contributed by atoms with E-state index in [9.17, 15) is 32.7 Å². The second kappa shape index (κ2) is 26.4. The summed E-state index contributed by atoms with van der Waals surface area (Å²) < 4.78 is 28.1. The molecule has 2 aromatic rings. The summed E-state index contributed by atoms with van der Waals surface area (Å²) in [5.41, 5.74) is -0.649. The van der Waals surface area contributed by atoms with Gasteiger partial charge in [0.2, 0.25) is 28.2 Å². The van der Waals surface area contributed by atoms with E-state index in [-0.39, 0.29) is 43.1 Å². The van der Waals surface area contributed by atoms with E-state index >= 15 is 0 Å². The van der Waals surface area contributed by atoms with Crippen LogP contribution < -0.4 is 15.4 Å². The first-order chi connectivity index (χ1) is 24.5. The van der Waals surface area contributed by atoms with Crippen molar-refractivity contribution in [1.29, 1.82) is 0 Å². The molecule has 12 nitrogen and oxygen atoms in total. The number of rotatable bonds is 7. The highest BCUT2D eigenvalue weighted by Gasteiger charge is 2.40. The molecule has 3 fully saturated rings. The van der Waals surface area contributed by atoms with Gasteiger partial charge in [-0.25, -0.2) is 13.2 Å². The van der Waals surface area contributed by atoms with Gasteiger partial charge < -0.3 is 25.4 Å². The number of β-amino-alcohol motifs (C(OH)–C–C–N with tert-alkyl or cyclic N) is 1. The summed E-state index contributed by atoms with van der Waals surface area (Å²) in [6, 6.07) is 16.2. The number of amides is 4. The lowest BCUT2D eigenvalue weighted by molar-refractivity contribution is -0.137. The standard InChI is InChI=1S/C15H25N3O5.C10H8.C4H7NO3S.C4H10.C2H6.C2H4.C2H2/c1-15(2,3)23-14(22)16-7-12(20)18-8-10(19)6-11(18)13(21)17-9-4-5-9;1-2-6-10-8-4-3-7-9(10)5-1;6-3-5-9(7,8)4-1-2-4;1-4(2)3;3*1-2/h9-11,19H,4-8H2,1-3H3,(H,16,22)(H,17,21);1-8H;3-4H,1-2H2,(H,5,6);4H,1-3H3;1-2H3;1-2H2;1-2H/t10-,11-;;;;;;/m0....../s1. The van der Waals surface area contributed by atoms with Crippen molar-refractivity contribution in [1.82, 2.24) is 20.3 Å². The minimum atomic E-state index is -3.26. The molecular formula is C39H62N4O8S. The summed E-state index contributed by atoms with van der Waals surface area (Å²) in [7, 11) is -3.26. The van der Waals surface area contributed by atoms with Gasteiger partial charge in [-0.1, -0.05) is 83.1 Å². The third-order valence-corrected chi connectivity index (χ3v) is 8.22. The molecule has 52 heavy (non-hydrogen) atoms. The van der Waals surface area contributed by atoms with Gasteiger partial charge in [-0.2, -0.15) is 0 Å². The highest BCUT2D eigenvalue weighted by molar-refractivity contribution is 7.90. The minimum absolute atomic E-state index is 0.0948. The number of benzene rings is 2. The maximum atomic E-state index is 12.2. The molecule has 3 aliphatic rings. The molecule has 292 valence electrons. The van der Waals surface area contributed by atoms with Gasteiger partial charge >= 0.3 is 6.09 Å². The molecular weight excluding hydrogens is 685 g/mol. The number of aliphatic hydroxyl groups is 1. The van der Waals surface area contributed by atoms with E-state index in [0.29, 0.717) is 12.8 Å². The summed E-state index contributed by atoms with van der Waals surface area (Å²) in [4.78, 5) is 47.0. The summed E-state index contributed by atoms with van der Waals surface area (Å²) in [6.07, 6.45) is 10.3. The largest absolute Gasteiger partial charge is 0.444 e. The van der Waals surface area contributed by atoms with E-state index in [4.69, 9.17) is 4.74 Å². The van der Waals surface area contributed by atoms with Crippen molar-refractivity contribution < 1.29 is 37.4 Å². The highest BCUT2D eigenvalue weighted by atomic mass is 32.2. The molecule has 4 N–H and O–H groups in total. The zero-order chi connectivity index (χ0) is 40.5. The number of terminal acetylenes is 1. The first-order valence-electron chi connectivity index (χ1n) is 17.5. The number of carbonyl (C=O) groups is 4. The van der Waals surface area contributed by atoms with Gasteiger partial charge in [-0.15, -0.1) is 26.0 Å². The Bertz CT molecular complexity index is 1400. The predicted molar refractivity (Wildman–Crippen MR) is 210 cm³/mol. The molecule has 0 spiro atoms. The third kappa shape index (κ3) is 22.4. The normalized spacial score (nSPS) is 16.9. The van der Waals surface area contributed by atoms with Gasteiger partial charge in [0.25, 0.3) is 0 Å². The van der Waals surface area contributed by atoms with E-state index < -0.39 is 39.8 Å². The van der Waals surface area contributed by atoms with Gasteiger partial charge in [0.05, 0.1) is 11.4 Å². The van der Waals surface area contributed by atoms with Crippen LogP contribution in [0.4, 0.5) is 4.79 Å². The first-order valence-corrected chi connectivity index (χ1v) is 19.0. The number of fused-ring (bicyclic) bond motifs is 1. The zero-order valence-electron chi connectivity index (χ0n) is 32.3. The first kappa shape index (κ1) is 49.7. The molecule has 2 aliphatic carbocycles. The van der Waals surface area contributed by atoms with Gasteiger partial charge in [-0.05, 0) is 63.1 Å². The van der Waals surface area contributed by atoms with E-state index in [1.807, 2.05) is 13.8 Å². The number of hydrogen-bond donors (Lipinski definition) is 4. The molecule has 4 amide bonds. The zero-order valence-corrected chi connectivity index (χ0v) is 33.1. The molecule has 2 aromatic carbocycles. The molecule has 0 aromatic heterocycles. The Hall–Kier alpha value is -4.41. The second-order valence-corrected chi connectivity index (χ2v) is 15.1. The average Bonchev–Trinajstić information content (AvgIpc) is 4.05. The Labute approximate surface area is 312 Å². The lowest BCUT2D eigenvalue weighted by Crippen LogP contribution is -2.49.